The topological polar surface area (TPSA) is 188 Å². The number of aromatic nitrogens is 4. The molecule has 0 atom stereocenters. The minimum Gasteiger partial charge on any atom is -0.496 e. The quantitative estimate of drug-likeness (QED) is 0.106. The minimum atomic E-state index is 0.171. The summed E-state index contributed by atoms with van der Waals surface area (Å²) < 4.78 is 23.5. The average Bonchev–Trinajstić information content (AvgIpc) is 3.03. The summed E-state index contributed by atoms with van der Waals surface area (Å²) in [7, 11) is 3.19. The molecule has 4 rings (SSSR count). The third-order valence-electron chi connectivity index (χ3n) is 6.66. The number of methoxy groups -OCH3 is 2. The van der Waals surface area contributed by atoms with Crippen LogP contribution in [0.4, 0.5) is 23.5 Å². The molecule has 2 heterocycles. The van der Waals surface area contributed by atoms with Gasteiger partial charge in [-0.1, -0.05) is 27.7 Å². The second-order valence-electron chi connectivity index (χ2n) is 10.7. The van der Waals surface area contributed by atoms with Gasteiger partial charge in [0, 0.05) is 30.3 Å². The van der Waals surface area contributed by atoms with Crippen molar-refractivity contribution in [3.63, 3.8) is 0 Å². The first kappa shape index (κ1) is 36.7. The lowest BCUT2D eigenvalue weighted by atomic mass is 9.99. The van der Waals surface area contributed by atoms with E-state index in [0.29, 0.717) is 52.8 Å². The maximum Gasteiger partial charge on any atom is 0.224 e. The SMILES string of the molecule is CCNc1ncc(Oc2cc(C#N)c(OC)cc2C(C)C)c(N)n1.CCNc1ncc(Oc2cc(I)c(OC)cc2C(C)C)c(N)n1. The van der Waals surface area contributed by atoms with Crippen LogP contribution in [0.2, 0.25) is 0 Å². The molecular formula is C33H42IN9O4. The van der Waals surface area contributed by atoms with E-state index < -0.39 is 0 Å². The van der Waals surface area contributed by atoms with Crippen LogP contribution in [0.3, 0.4) is 0 Å². The molecule has 0 aliphatic heterocycles. The number of halogens is 1. The number of nitrogens with one attached hydrogen (secondary N) is 2. The molecule has 0 amide bonds. The summed E-state index contributed by atoms with van der Waals surface area (Å²) in [5.74, 6) is 5.30. The highest BCUT2D eigenvalue weighted by molar-refractivity contribution is 14.1. The number of hydrogen-bond acceptors (Lipinski definition) is 13. The van der Waals surface area contributed by atoms with Gasteiger partial charge in [0.15, 0.2) is 23.1 Å². The monoisotopic (exact) mass is 755 g/mol. The predicted octanol–water partition coefficient (Wildman–Crippen LogP) is 7.31. The number of nitrogens with two attached hydrogens (primary N) is 2. The van der Waals surface area contributed by atoms with Crippen LogP contribution in [-0.4, -0.2) is 47.2 Å². The fourth-order valence-corrected chi connectivity index (χ4v) is 4.93. The molecule has 250 valence electrons. The van der Waals surface area contributed by atoms with Crippen molar-refractivity contribution in [2.75, 3.05) is 49.4 Å². The normalized spacial score (nSPS) is 10.5. The number of nitriles is 1. The van der Waals surface area contributed by atoms with E-state index in [-0.39, 0.29) is 17.7 Å². The van der Waals surface area contributed by atoms with Crippen LogP contribution in [0, 0.1) is 14.9 Å². The summed E-state index contributed by atoms with van der Waals surface area (Å²) in [5, 5.41) is 15.3. The third-order valence-corrected chi connectivity index (χ3v) is 7.50. The molecular weight excluding hydrogens is 713 g/mol. The zero-order valence-corrected chi connectivity index (χ0v) is 30.1. The Kier molecular flexibility index (Phi) is 13.4. The Morgan fingerprint density at radius 1 is 0.723 bits per heavy atom. The van der Waals surface area contributed by atoms with E-state index in [1.54, 1.807) is 19.4 Å². The molecule has 0 aliphatic carbocycles. The van der Waals surface area contributed by atoms with Crippen LogP contribution in [0.15, 0.2) is 36.7 Å². The summed E-state index contributed by atoms with van der Waals surface area (Å²) in [6.07, 6.45) is 3.10. The summed E-state index contributed by atoms with van der Waals surface area (Å²) in [5.41, 5.74) is 14.3. The highest BCUT2D eigenvalue weighted by Gasteiger charge is 2.18. The molecule has 14 heteroatoms. The average molecular weight is 756 g/mol. The summed E-state index contributed by atoms with van der Waals surface area (Å²) in [6, 6.07) is 9.48. The molecule has 4 aromatic rings. The molecule has 0 unspecified atom stereocenters. The lowest BCUT2D eigenvalue weighted by molar-refractivity contribution is 0.407. The van der Waals surface area contributed by atoms with Crippen molar-refractivity contribution >= 4 is 46.1 Å². The lowest BCUT2D eigenvalue weighted by Gasteiger charge is -2.17. The van der Waals surface area contributed by atoms with Gasteiger partial charge >= 0.3 is 0 Å². The van der Waals surface area contributed by atoms with Crippen LogP contribution < -0.4 is 41.0 Å². The van der Waals surface area contributed by atoms with Gasteiger partial charge in [-0.25, -0.2) is 9.97 Å². The highest BCUT2D eigenvalue weighted by Crippen LogP contribution is 2.39. The molecule has 0 saturated heterocycles. The molecule has 0 radical (unpaired) electrons. The van der Waals surface area contributed by atoms with Gasteiger partial charge in [-0.2, -0.15) is 15.2 Å². The summed E-state index contributed by atoms with van der Waals surface area (Å²) in [6.45, 7) is 13.6. The Morgan fingerprint density at radius 2 is 1.17 bits per heavy atom. The number of hydrogen-bond donors (Lipinski definition) is 4. The van der Waals surface area contributed by atoms with E-state index in [9.17, 15) is 5.26 Å². The molecule has 0 spiro atoms. The number of anilines is 4. The van der Waals surface area contributed by atoms with Gasteiger partial charge in [0.05, 0.1) is 35.7 Å². The van der Waals surface area contributed by atoms with Crippen molar-refractivity contribution < 1.29 is 18.9 Å². The van der Waals surface area contributed by atoms with Gasteiger partial charge in [-0.15, -0.1) is 0 Å². The number of nitrogens with zero attached hydrogens (tertiary/aromatic N) is 5. The van der Waals surface area contributed by atoms with Gasteiger partial charge in [0.2, 0.25) is 11.9 Å². The van der Waals surface area contributed by atoms with Gasteiger partial charge in [0.1, 0.15) is 29.1 Å². The predicted molar refractivity (Wildman–Crippen MR) is 193 cm³/mol. The fourth-order valence-electron chi connectivity index (χ4n) is 4.27. The van der Waals surface area contributed by atoms with Crippen LogP contribution >= 0.6 is 22.6 Å². The molecule has 0 saturated carbocycles. The smallest absolute Gasteiger partial charge is 0.224 e. The molecule has 13 nitrogen and oxygen atoms in total. The van der Waals surface area contributed by atoms with Gasteiger partial charge < -0.3 is 41.0 Å². The minimum absolute atomic E-state index is 0.171. The Hall–Kier alpha value is -4.78. The lowest BCUT2D eigenvalue weighted by Crippen LogP contribution is -2.06. The Labute approximate surface area is 289 Å². The van der Waals surface area contributed by atoms with Crippen molar-refractivity contribution in [1.29, 1.82) is 5.26 Å². The van der Waals surface area contributed by atoms with Crippen molar-refractivity contribution in [1.82, 2.24) is 19.9 Å². The molecule has 0 fully saturated rings. The Bertz CT molecular complexity index is 1710. The van der Waals surface area contributed by atoms with Crippen LogP contribution in [0.1, 0.15) is 70.1 Å². The maximum absolute atomic E-state index is 9.28. The highest BCUT2D eigenvalue weighted by atomic mass is 127. The van der Waals surface area contributed by atoms with Gasteiger partial charge in [0.25, 0.3) is 0 Å². The summed E-state index contributed by atoms with van der Waals surface area (Å²) in [4.78, 5) is 16.7. The third kappa shape index (κ3) is 9.61. The molecule has 47 heavy (non-hydrogen) atoms. The molecule has 2 aromatic carbocycles. The second kappa shape index (κ2) is 17.2. The first-order valence-electron chi connectivity index (χ1n) is 15.0. The largest absolute Gasteiger partial charge is 0.496 e. The van der Waals surface area contributed by atoms with Crippen molar-refractivity contribution in [3.8, 4) is 40.6 Å². The zero-order chi connectivity index (χ0) is 34.7. The van der Waals surface area contributed by atoms with Crippen LogP contribution in [0.5, 0.6) is 34.5 Å². The molecule has 0 aliphatic rings. The summed E-state index contributed by atoms with van der Waals surface area (Å²) >= 11 is 2.22. The van der Waals surface area contributed by atoms with E-state index in [2.05, 4.69) is 73.1 Å². The van der Waals surface area contributed by atoms with Gasteiger partial charge in [-0.3, -0.25) is 0 Å². The molecule has 0 bridgehead atoms. The Morgan fingerprint density at radius 3 is 1.55 bits per heavy atom. The number of ether oxygens (including phenoxy) is 4. The van der Waals surface area contributed by atoms with E-state index >= 15 is 0 Å². The van der Waals surface area contributed by atoms with E-state index in [4.69, 9.17) is 30.4 Å². The Balaban J connectivity index is 0.000000256. The standard InChI is InChI=1S/C17H21N5O2.C16H21IN4O2/c1-5-20-17-21-9-15(16(19)22-17)24-14-6-11(8-18)13(23-4)7-12(14)10(2)3;1-5-19-16-20-8-14(15(18)21-16)23-12-7-11(17)13(22-4)6-10(12)9(2)3/h6-7,9-10H,5H2,1-4H3,(H3,19,20,21,22);6-9H,5H2,1-4H3,(H3,18,19,20,21). The maximum atomic E-state index is 9.28. The van der Waals surface area contributed by atoms with Crippen molar-refractivity contribution in [2.24, 2.45) is 0 Å². The zero-order valence-electron chi connectivity index (χ0n) is 27.9. The molecule has 6 N–H and O–H groups in total. The van der Waals surface area contributed by atoms with E-state index in [1.165, 1.54) is 13.3 Å². The first-order valence-corrected chi connectivity index (χ1v) is 16.1. The van der Waals surface area contributed by atoms with Crippen molar-refractivity contribution in [2.45, 2.75) is 53.4 Å². The first-order chi connectivity index (χ1) is 22.4. The fraction of sp³-hybridized carbons (Fsp3) is 0.364. The van der Waals surface area contributed by atoms with Crippen LogP contribution in [-0.2, 0) is 0 Å². The number of rotatable bonds is 12. The second-order valence-corrected chi connectivity index (χ2v) is 11.8. The molecule has 2 aromatic heterocycles. The van der Waals surface area contributed by atoms with E-state index in [0.717, 1.165) is 32.7 Å². The number of nitrogen functional groups attached to an aromatic ring is 2. The van der Waals surface area contributed by atoms with Crippen LogP contribution in [0.25, 0.3) is 0 Å². The van der Waals surface area contributed by atoms with Crippen molar-refractivity contribution in [3.05, 3.63) is 56.9 Å². The van der Waals surface area contributed by atoms with E-state index in [1.807, 2.05) is 45.9 Å². The van der Waals surface area contributed by atoms with Gasteiger partial charge in [-0.05, 0) is 66.5 Å². The number of benzene rings is 2.